The monoisotopic (exact) mass is 355 g/mol. The smallest absolute Gasteiger partial charge is 0.225 e. The Morgan fingerprint density at radius 1 is 1.04 bits per heavy atom. The molecular weight excluding hydrogens is 336 g/mol. The second-order valence-corrected chi connectivity index (χ2v) is 5.88. The molecule has 0 saturated carbocycles. The number of pyridine rings is 1. The van der Waals surface area contributed by atoms with E-state index in [1.807, 2.05) is 32.0 Å². The Morgan fingerprint density at radius 3 is 2.58 bits per heavy atom. The van der Waals surface area contributed by atoms with Gasteiger partial charge in [-0.25, -0.2) is 13.8 Å². The third kappa shape index (κ3) is 4.30. The molecular formula is C19H19F2N5. The molecule has 0 aliphatic carbocycles. The fraction of sp³-hybridized carbons (Fsp3) is 0.211. The van der Waals surface area contributed by atoms with Gasteiger partial charge in [-0.15, -0.1) is 0 Å². The minimum absolute atomic E-state index is 0.131. The molecule has 3 rings (SSSR count). The van der Waals surface area contributed by atoms with Crippen molar-refractivity contribution in [1.82, 2.24) is 15.0 Å². The van der Waals surface area contributed by atoms with E-state index in [-0.39, 0.29) is 11.7 Å². The van der Waals surface area contributed by atoms with Gasteiger partial charge in [0.15, 0.2) is 0 Å². The van der Waals surface area contributed by atoms with Gasteiger partial charge in [0.2, 0.25) is 5.95 Å². The number of anilines is 3. The van der Waals surface area contributed by atoms with Crippen molar-refractivity contribution in [1.29, 1.82) is 0 Å². The molecule has 0 fully saturated rings. The van der Waals surface area contributed by atoms with Crippen molar-refractivity contribution < 1.29 is 8.78 Å². The zero-order valence-electron chi connectivity index (χ0n) is 14.5. The molecule has 134 valence electrons. The molecule has 0 amide bonds. The number of nitrogens with one attached hydrogen (secondary N) is 2. The topological polar surface area (TPSA) is 62.7 Å². The van der Waals surface area contributed by atoms with Crippen LogP contribution in [0.5, 0.6) is 0 Å². The number of hydrogen-bond donors (Lipinski definition) is 2. The third-order valence-electron chi connectivity index (χ3n) is 3.84. The first kappa shape index (κ1) is 17.7. The third-order valence-corrected chi connectivity index (χ3v) is 3.84. The van der Waals surface area contributed by atoms with Crippen LogP contribution in [0.15, 0.2) is 48.7 Å². The summed E-state index contributed by atoms with van der Waals surface area (Å²) in [6, 6.07) is 10.7. The predicted octanol–water partition coefficient (Wildman–Crippen LogP) is 4.77. The van der Waals surface area contributed by atoms with E-state index >= 15 is 0 Å². The van der Waals surface area contributed by atoms with Gasteiger partial charge < -0.3 is 10.6 Å². The summed E-state index contributed by atoms with van der Waals surface area (Å²) in [5, 5.41) is 6.09. The molecule has 0 bridgehead atoms. The molecule has 0 unspecified atom stereocenters. The van der Waals surface area contributed by atoms with Gasteiger partial charge in [-0.2, -0.15) is 4.98 Å². The Labute approximate surface area is 150 Å². The van der Waals surface area contributed by atoms with Crippen LogP contribution in [0, 0.1) is 11.6 Å². The van der Waals surface area contributed by atoms with Crippen molar-refractivity contribution in [3.63, 3.8) is 0 Å². The van der Waals surface area contributed by atoms with Crippen LogP contribution in [0.3, 0.4) is 0 Å². The minimum atomic E-state index is -0.695. The van der Waals surface area contributed by atoms with Crippen molar-refractivity contribution in [2.45, 2.75) is 26.3 Å². The maximum absolute atomic E-state index is 14.0. The number of rotatable bonds is 6. The predicted molar refractivity (Wildman–Crippen MR) is 98.3 cm³/mol. The molecule has 0 radical (unpaired) electrons. The quantitative estimate of drug-likeness (QED) is 0.667. The van der Waals surface area contributed by atoms with E-state index in [9.17, 15) is 8.78 Å². The van der Waals surface area contributed by atoms with E-state index in [4.69, 9.17) is 0 Å². The van der Waals surface area contributed by atoms with Crippen molar-refractivity contribution in [2.24, 2.45) is 0 Å². The van der Waals surface area contributed by atoms with E-state index in [1.54, 1.807) is 12.3 Å². The van der Waals surface area contributed by atoms with Crippen LogP contribution in [0.2, 0.25) is 0 Å². The minimum Gasteiger partial charge on any atom is -0.352 e. The van der Waals surface area contributed by atoms with Gasteiger partial charge in [0, 0.05) is 24.4 Å². The molecule has 2 N–H and O–H groups in total. The van der Waals surface area contributed by atoms with Crippen molar-refractivity contribution in [3.8, 4) is 11.4 Å². The first-order valence-electron chi connectivity index (χ1n) is 8.34. The number of halogens is 2. The Balaban J connectivity index is 1.98. The lowest BCUT2D eigenvalue weighted by molar-refractivity contribution is 0.586. The molecule has 26 heavy (non-hydrogen) atoms. The lowest BCUT2D eigenvalue weighted by atomic mass is 10.2. The van der Waals surface area contributed by atoms with Gasteiger partial charge in [0.05, 0.1) is 17.1 Å². The van der Waals surface area contributed by atoms with E-state index in [0.717, 1.165) is 12.5 Å². The number of hydrogen-bond acceptors (Lipinski definition) is 5. The average Bonchev–Trinajstić information content (AvgIpc) is 2.64. The largest absolute Gasteiger partial charge is 0.352 e. The highest BCUT2D eigenvalue weighted by Gasteiger charge is 2.11. The molecule has 1 aromatic carbocycles. The van der Waals surface area contributed by atoms with Gasteiger partial charge in [0.25, 0.3) is 0 Å². The first-order chi connectivity index (χ1) is 12.5. The van der Waals surface area contributed by atoms with E-state index < -0.39 is 11.6 Å². The molecule has 0 aliphatic heterocycles. The van der Waals surface area contributed by atoms with Crippen molar-refractivity contribution in [2.75, 3.05) is 10.6 Å². The fourth-order valence-electron chi connectivity index (χ4n) is 2.27. The summed E-state index contributed by atoms with van der Waals surface area (Å²) in [7, 11) is 0. The highest BCUT2D eigenvalue weighted by atomic mass is 19.1. The molecule has 2 aromatic heterocycles. The summed E-state index contributed by atoms with van der Waals surface area (Å²) < 4.78 is 27.1. The van der Waals surface area contributed by atoms with Crippen molar-refractivity contribution >= 4 is 17.5 Å². The normalized spacial score (nSPS) is 11.8. The van der Waals surface area contributed by atoms with Crippen LogP contribution in [0.1, 0.15) is 20.3 Å². The maximum Gasteiger partial charge on any atom is 0.225 e. The summed E-state index contributed by atoms with van der Waals surface area (Å²) >= 11 is 0. The van der Waals surface area contributed by atoms with Crippen LogP contribution >= 0.6 is 0 Å². The second kappa shape index (κ2) is 7.86. The molecule has 7 heteroatoms. The van der Waals surface area contributed by atoms with Crippen molar-refractivity contribution in [3.05, 3.63) is 60.3 Å². The summed E-state index contributed by atoms with van der Waals surface area (Å²) in [6.07, 6.45) is 2.57. The summed E-state index contributed by atoms with van der Waals surface area (Å²) in [5.74, 6) is -0.534. The van der Waals surface area contributed by atoms with Gasteiger partial charge >= 0.3 is 0 Å². The van der Waals surface area contributed by atoms with E-state index in [0.29, 0.717) is 23.2 Å². The Morgan fingerprint density at radius 2 is 1.88 bits per heavy atom. The summed E-state index contributed by atoms with van der Waals surface area (Å²) in [4.78, 5) is 13.2. The van der Waals surface area contributed by atoms with Gasteiger partial charge in [0.1, 0.15) is 17.5 Å². The molecule has 3 aromatic rings. The number of aromatic nitrogens is 3. The summed E-state index contributed by atoms with van der Waals surface area (Å²) in [5.41, 5.74) is 1.40. The molecule has 5 nitrogen and oxygen atoms in total. The van der Waals surface area contributed by atoms with Gasteiger partial charge in [-0.3, -0.25) is 4.98 Å². The molecule has 0 aliphatic rings. The lowest BCUT2D eigenvalue weighted by Gasteiger charge is -2.14. The zero-order valence-corrected chi connectivity index (χ0v) is 14.5. The highest BCUT2D eigenvalue weighted by molar-refractivity contribution is 5.65. The standard InChI is InChI=1S/C19H19F2N5/c1-3-12(2)23-19-25-17(16-6-4-5-9-22-16)11-18(26-19)24-15-8-7-13(20)10-14(15)21/h4-12H,3H2,1-2H3,(H2,23,24,25,26)/t12-/m0/s1. The average molecular weight is 355 g/mol. The first-order valence-corrected chi connectivity index (χ1v) is 8.34. The molecule has 0 saturated heterocycles. The summed E-state index contributed by atoms with van der Waals surface area (Å²) in [6.45, 7) is 4.07. The van der Waals surface area contributed by atoms with Gasteiger partial charge in [-0.1, -0.05) is 13.0 Å². The molecule has 2 heterocycles. The van der Waals surface area contributed by atoms with E-state index in [2.05, 4.69) is 25.6 Å². The maximum atomic E-state index is 14.0. The van der Waals surface area contributed by atoms with E-state index in [1.165, 1.54) is 12.1 Å². The fourth-order valence-corrected chi connectivity index (χ4v) is 2.27. The highest BCUT2D eigenvalue weighted by Crippen LogP contribution is 2.24. The molecule has 1 atom stereocenters. The van der Waals surface area contributed by atoms with Crippen LogP contribution in [0.25, 0.3) is 11.4 Å². The zero-order chi connectivity index (χ0) is 18.5. The molecule has 0 spiro atoms. The Hall–Kier alpha value is -3.09. The number of nitrogens with zero attached hydrogens (tertiary/aromatic N) is 3. The van der Waals surface area contributed by atoms with Crippen LogP contribution in [0.4, 0.5) is 26.2 Å². The van der Waals surface area contributed by atoms with Gasteiger partial charge in [-0.05, 0) is 37.6 Å². The van der Waals surface area contributed by atoms with Crippen LogP contribution < -0.4 is 10.6 Å². The van der Waals surface area contributed by atoms with Crippen LogP contribution in [-0.4, -0.2) is 21.0 Å². The Bertz CT molecular complexity index is 886. The van der Waals surface area contributed by atoms with Crippen LogP contribution in [-0.2, 0) is 0 Å². The lowest BCUT2D eigenvalue weighted by Crippen LogP contribution is -2.16. The Kier molecular flexibility index (Phi) is 5.36. The SMILES string of the molecule is CC[C@H](C)Nc1nc(Nc2ccc(F)cc2F)cc(-c2ccccn2)n1. The second-order valence-electron chi connectivity index (χ2n) is 5.88. The number of benzene rings is 1.